The molecule has 0 heterocycles. The summed E-state index contributed by atoms with van der Waals surface area (Å²) < 4.78 is 0. The summed E-state index contributed by atoms with van der Waals surface area (Å²) in [6.07, 6.45) is 1.25. The molecule has 1 rings (SSSR count). The Morgan fingerprint density at radius 1 is 1.19 bits per heavy atom. The van der Waals surface area contributed by atoms with Crippen LogP contribution in [0.25, 0.3) is 0 Å². The molecule has 0 fully saturated rings. The molecule has 0 aromatic heterocycles. The van der Waals surface area contributed by atoms with Gasteiger partial charge in [-0.25, -0.2) is 0 Å². The summed E-state index contributed by atoms with van der Waals surface area (Å²) in [5.74, 6) is 0.339. The molecule has 0 saturated carbocycles. The van der Waals surface area contributed by atoms with Crippen LogP contribution in [0.2, 0.25) is 0 Å². The van der Waals surface area contributed by atoms with Gasteiger partial charge in [-0.05, 0) is 50.5 Å². The Balaban J connectivity index is 0.000000673. The van der Waals surface area contributed by atoms with Crippen LogP contribution in [0.3, 0.4) is 0 Å². The van der Waals surface area contributed by atoms with Gasteiger partial charge < -0.3 is 5.11 Å². The number of aromatic hydroxyl groups is 1. The number of phenols is 1. The van der Waals surface area contributed by atoms with E-state index in [1.165, 1.54) is 13.3 Å². The van der Waals surface area contributed by atoms with Gasteiger partial charge in [0.25, 0.3) is 0 Å². The van der Waals surface area contributed by atoms with Crippen LogP contribution in [0, 0.1) is 20.8 Å². The lowest BCUT2D eigenvalue weighted by atomic mass is 9.97. The molecule has 16 heavy (non-hydrogen) atoms. The number of benzene rings is 1. The van der Waals surface area contributed by atoms with Crippen molar-refractivity contribution in [3.63, 3.8) is 0 Å². The van der Waals surface area contributed by atoms with E-state index < -0.39 is 0 Å². The normalized spacial score (nSPS) is 9.38. The van der Waals surface area contributed by atoms with E-state index in [4.69, 9.17) is 0 Å². The van der Waals surface area contributed by atoms with Crippen molar-refractivity contribution in [2.75, 3.05) is 0 Å². The van der Waals surface area contributed by atoms with Gasteiger partial charge in [-0.3, -0.25) is 4.79 Å². The number of aryl methyl sites for hydroxylation is 1. The zero-order valence-corrected chi connectivity index (χ0v) is 11.1. The third-order valence-electron chi connectivity index (χ3n) is 2.44. The fourth-order valence-electron chi connectivity index (χ4n) is 1.43. The van der Waals surface area contributed by atoms with E-state index in [-0.39, 0.29) is 5.78 Å². The van der Waals surface area contributed by atoms with Crippen LogP contribution < -0.4 is 0 Å². The molecule has 1 aromatic rings. The second-order valence-corrected chi connectivity index (χ2v) is 4.10. The minimum Gasteiger partial charge on any atom is -0.507 e. The van der Waals surface area contributed by atoms with Crippen molar-refractivity contribution in [1.82, 2.24) is 0 Å². The van der Waals surface area contributed by atoms with Gasteiger partial charge in [0.05, 0.1) is 0 Å². The number of phenolic OH excluding ortho intramolecular Hbond substituents is 1. The molecular weight excluding hydrogens is 200 g/mol. The molecule has 90 valence electrons. The first kappa shape index (κ1) is 14.7. The minimum atomic E-state index is 0.0451. The number of hydrogen-bond acceptors (Lipinski definition) is 2. The molecule has 0 saturated heterocycles. The zero-order chi connectivity index (χ0) is 12.9. The van der Waals surface area contributed by atoms with E-state index in [0.717, 1.165) is 16.7 Å². The van der Waals surface area contributed by atoms with Crippen molar-refractivity contribution < 1.29 is 9.90 Å². The SMILES string of the molecule is CC(=O)c1cc(C)c(O)c(C)c1C.CCC. The van der Waals surface area contributed by atoms with E-state index in [0.29, 0.717) is 11.3 Å². The Hall–Kier alpha value is -1.31. The molecular formula is C14H22O2. The lowest BCUT2D eigenvalue weighted by molar-refractivity contribution is 0.101. The number of carbonyl (C=O) groups is 1. The Kier molecular flexibility index (Phi) is 5.79. The van der Waals surface area contributed by atoms with E-state index in [9.17, 15) is 9.90 Å². The van der Waals surface area contributed by atoms with E-state index in [2.05, 4.69) is 13.8 Å². The predicted molar refractivity (Wildman–Crippen MR) is 68.3 cm³/mol. The van der Waals surface area contributed by atoms with Gasteiger partial charge in [-0.1, -0.05) is 20.3 Å². The monoisotopic (exact) mass is 222 g/mol. The highest BCUT2D eigenvalue weighted by Gasteiger charge is 2.11. The van der Waals surface area contributed by atoms with Crippen molar-refractivity contribution in [3.05, 3.63) is 28.3 Å². The average molecular weight is 222 g/mol. The number of hydrogen-bond donors (Lipinski definition) is 1. The topological polar surface area (TPSA) is 37.3 Å². The lowest BCUT2D eigenvalue weighted by Gasteiger charge is -2.10. The summed E-state index contributed by atoms with van der Waals surface area (Å²) in [4.78, 5) is 11.2. The maximum absolute atomic E-state index is 11.2. The summed E-state index contributed by atoms with van der Waals surface area (Å²) in [6.45, 7) is 11.3. The molecule has 2 heteroatoms. The first-order chi connectivity index (χ1) is 7.36. The van der Waals surface area contributed by atoms with Crippen LogP contribution in [-0.2, 0) is 0 Å². The standard InChI is InChI=1S/C11H14O2.C3H8/c1-6-5-10(9(4)12)7(2)8(3)11(6)13;1-3-2/h5,13H,1-4H3;3H2,1-2H3. The Labute approximate surface area is 98.3 Å². The summed E-state index contributed by atoms with van der Waals surface area (Å²) in [6, 6.07) is 1.74. The molecule has 0 amide bonds. The zero-order valence-electron chi connectivity index (χ0n) is 11.1. The fraction of sp³-hybridized carbons (Fsp3) is 0.500. The fourth-order valence-corrected chi connectivity index (χ4v) is 1.43. The van der Waals surface area contributed by atoms with Gasteiger partial charge in [0.1, 0.15) is 5.75 Å². The average Bonchev–Trinajstić information content (AvgIpc) is 2.21. The van der Waals surface area contributed by atoms with Crippen LogP contribution in [0.4, 0.5) is 0 Å². The minimum absolute atomic E-state index is 0.0451. The highest BCUT2D eigenvalue weighted by atomic mass is 16.3. The van der Waals surface area contributed by atoms with Crippen molar-refractivity contribution in [1.29, 1.82) is 0 Å². The maximum Gasteiger partial charge on any atom is 0.160 e. The van der Waals surface area contributed by atoms with Crippen molar-refractivity contribution in [2.24, 2.45) is 0 Å². The van der Waals surface area contributed by atoms with Crippen LogP contribution in [0.15, 0.2) is 6.07 Å². The second kappa shape index (κ2) is 6.31. The van der Waals surface area contributed by atoms with E-state index in [1.807, 2.05) is 13.8 Å². The van der Waals surface area contributed by atoms with Crippen LogP contribution in [0.1, 0.15) is 54.2 Å². The molecule has 0 unspecified atom stereocenters. The summed E-state index contributed by atoms with van der Waals surface area (Å²) in [7, 11) is 0. The second-order valence-electron chi connectivity index (χ2n) is 4.10. The summed E-state index contributed by atoms with van der Waals surface area (Å²) in [5.41, 5.74) is 3.13. The first-order valence-corrected chi connectivity index (χ1v) is 5.67. The van der Waals surface area contributed by atoms with E-state index in [1.54, 1.807) is 13.0 Å². The van der Waals surface area contributed by atoms with Gasteiger partial charge in [-0.2, -0.15) is 0 Å². The Morgan fingerprint density at radius 2 is 1.62 bits per heavy atom. The van der Waals surface area contributed by atoms with Gasteiger partial charge in [-0.15, -0.1) is 0 Å². The number of ketones is 1. The Bertz CT molecular complexity index is 379. The van der Waals surface area contributed by atoms with Crippen molar-refractivity contribution >= 4 is 5.78 Å². The van der Waals surface area contributed by atoms with Crippen LogP contribution >= 0.6 is 0 Å². The first-order valence-electron chi connectivity index (χ1n) is 5.67. The molecule has 0 bridgehead atoms. The molecule has 0 atom stereocenters. The van der Waals surface area contributed by atoms with Gasteiger partial charge in [0.15, 0.2) is 5.78 Å². The van der Waals surface area contributed by atoms with Crippen molar-refractivity contribution in [2.45, 2.75) is 48.0 Å². The molecule has 0 spiro atoms. The summed E-state index contributed by atoms with van der Waals surface area (Å²) in [5, 5.41) is 9.58. The molecule has 0 radical (unpaired) electrons. The largest absolute Gasteiger partial charge is 0.507 e. The number of rotatable bonds is 1. The molecule has 0 aliphatic carbocycles. The molecule has 2 nitrogen and oxygen atoms in total. The van der Waals surface area contributed by atoms with Gasteiger partial charge in [0.2, 0.25) is 0 Å². The van der Waals surface area contributed by atoms with Gasteiger partial charge >= 0.3 is 0 Å². The quantitative estimate of drug-likeness (QED) is 0.731. The summed E-state index contributed by atoms with van der Waals surface area (Å²) >= 11 is 0. The third-order valence-corrected chi connectivity index (χ3v) is 2.44. The van der Waals surface area contributed by atoms with Crippen LogP contribution in [0.5, 0.6) is 5.75 Å². The van der Waals surface area contributed by atoms with E-state index >= 15 is 0 Å². The van der Waals surface area contributed by atoms with Gasteiger partial charge in [0, 0.05) is 5.56 Å². The van der Waals surface area contributed by atoms with Crippen LogP contribution in [-0.4, -0.2) is 10.9 Å². The highest BCUT2D eigenvalue weighted by Crippen LogP contribution is 2.27. The predicted octanol–water partition coefficient (Wildman–Crippen LogP) is 3.94. The highest BCUT2D eigenvalue weighted by molar-refractivity contribution is 5.96. The third kappa shape index (κ3) is 3.37. The lowest BCUT2D eigenvalue weighted by Crippen LogP contribution is -1.99. The molecule has 1 N–H and O–H groups in total. The molecule has 1 aromatic carbocycles. The Morgan fingerprint density at radius 3 is 2.00 bits per heavy atom. The smallest absolute Gasteiger partial charge is 0.160 e. The molecule has 0 aliphatic heterocycles. The molecule has 0 aliphatic rings. The maximum atomic E-state index is 11.2. The number of carbonyl (C=O) groups excluding carboxylic acids is 1. The van der Waals surface area contributed by atoms with Crippen molar-refractivity contribution in [3.8, 4) is 5.75 Å². The number of Topliss-reactive ketones (excluding diaryl/α,β-unsaturated/α-hetero) is 1.